The van der Waals surface area contributed by atoms with Crippen LogP contribution in [0.4, 0.5) is 0 Å². The highest BCUT2D eigenvalue weighted by Gasteiger charge is 2.20. The van der Waals surface area contributed by atoms with Crippen LogP contribution in [0.5, 0.6) is 0 Å². The molecule has 0 fully saturated rings. The highest BCUT2D eigenvalue weighted by Crippen LogP contribution is 2.25. The fourth-order valence-electron chi connectivity index (χ4n) is 1.80. The summed E-state index contributed by atoms with van der Waals surface area (Å²) in [5.41, 5.74) is 1.41. The van der Waals surface area contributed by atoms with Gasteiger partial charge < -0.3 is 14.3 Å². The van der Waals surface area contributed by atoms with E-state index in [0.717, 1.165) is 10.9 Å². The number of esters is 1. The van der Waals surface area contributed by atoms with Gasteiger partial charge in [0.15, 0.2) is 6.10 Å². The SMILES string of the molecule is Cc1c(C(=O)OC(C)C#CCO)oc2ccccc12. The molecule has 1 aromatic heterocycles. The van der Waals surface area contributed by atoms with Crippen molar-refractivity contribution in [3.05, 3.63) is 35.6 Å². The van der Waals surface area contributed by atoms with E-state index in [1.54, 1.807) is 13.0 Å². The van der Waals surface area contributed by atoms with Crippen molar-refractivity contribution in [1.82, 2.24) is 0 Å². The van der Waals surface area contributed by atoms with E-state index in [1.165, 1.54) is 0 Å². The zero-order chi connectivity index (χ0) is 13.8. The van der Waals surface area contributed by atoms with E-state index in [1.807, 2.05) is 25.1 Å². The van der Waals surface area contributed by atoms with Crippen molar-refractivity contribution in [2.24, 2.45) is 0 Å². The van der Waals surface area contributed by atoms with E-state index in [9.17, 15) is 4.79 Å². The molecule has 0 bridgehead atoms. The topological polar surface area (TPSA) is 59.7 Å². The minimum atomic E-state index is -0.590. The summed E-state index contributed by atoms with van der Waals surface area (Å²) in [6, 6.07) is 7.42. The summed E-state index contributed by atoms with van der Waals surface area (Å²) in [6.07, 6.45) is -0.590. The zero-order valence-electron chi connectivity index (χ0n) is 10.8. The van der Waals surface area contributed by atoms with Gasteiger partial charge in [0, 0.05) is 10.9 Å². The Morgan fingerprint density at radius 3 is 2.89 bits per heavy atom. The van der Waals surface area contributed by atoms with Crippen LogP contribution in [0.25, 0.3) is 11.0 Å². The van der Waals surface area contributed by atoms with Crippen LogP contribution in [0.15, 0.2) is 28.7 Å². The molecule has 4 nitrogen and oxygen atoms in total. The lowest BCUT2D eigenvalue weighted by atomic mass is 10.1. The van der Waals surface area contributed by atoms with Gasteiger partial charge in [-0.3, -0.25) is 0 Å². The first kappa shape index (κ1) is 13.2. The quantitative estimate of drug-likeness (QED) is 0.663. The second-order valence-electron chi connectivity index (χ2n) is 4.08. The fraction of sp³-hybridized carbons (Fsp3) is 0.267. The number of furan rings is 1. The van der Waals surface area contributed by atoms with Crippen molar-refractivity contribution in [3.8, 4) is 11.8 Å². The summed E-state index contributed by atoms with van der Waals surface area (Å²) in [4.78, 5) is 12.0. The van der Waals surface area contributed by atoms with E-state index in [4.69, 9.17) is 14.3 Å². The highest BCUT2D eigenvalue weighted by molar-refractivity contribution is 5.95. The maximum Gasteiger partial charge on any atom is 0.375 e. The molecule has 2 rings (SSSR count). The molecule has 0 saturated heterocycles. The Morgan fingerprint density at radius 2 is 2.21 bits per heavy atom. The van der Waals surface area contributed by atoms with E-state index < -0.39 is 12.1 Å². The second-order valence-corrected chi connectivity index (χ2v) is 4.08. The number of rotatable bonds is 2. The molecule has 1 heterocycles. The van der Waals surface area contributed by atoms with Crippen LogP contribution in [0.1, 0.15) is 23.0 Å². The van der Waals surface area contributed by atoms with Gasteiger partial charge in [-0.15, -0.1) is 0 Å². The summed E-state index contributed by atoms with van der Waals surface area (Å²) < 4.78 is 10.6. The maximum atomic E-state index is 12.0. The summed E-state index contributed by atoms with van der Waals surface area (Å²) in [6.45, 7) is 3.19. The van der Waals surface area contributed by atoms with Crippen molar-refractivity contribution in [1.29, 1.82) is 0 Å². The molecule has 0 saturated carbocycles. The van der Waals surface area contributed by atoms with Crippen molar-refractivity contribution < 1.29 is 19.1 Å². The molecule has 0 amide bonds. The third kappa shape index (κ3) is 2.78. The predicted octanol–water partition coefficient (Wildman–Crippen LogP) is 2.28. The molecule has 98 valence electrons. The molecule has 19 heavy (non-hydrogen) atoms. The monoisotopic (exact) mass is 258 g/mol. The van der Waals surface area contributed by atoms with Crippen molar-refractivity contribution in [2.45, 2.75) is 20.0 Å². The number of hydrogen-bond donors (Lipinski definition) is 1. The molecule has 0 radical (unpaired) electrons. The molecule has 1 unspecified atom stereocenters. The average Bonchev–Trinajstić information content (AvgIpc) is 2.74. The van der Waals surface area contributed by atoms with Crippen molar-refractivity contribution in [3.63, 3.8) is 0 Å². The number of benzene rings is 1. The lowest BCUT2D eigenvalue weighted by Crippen LogP contribution is -2.13. The Kier molecular flexibility index (Phi) is 3.88. The molecular weight excluding hydrogens is 244 g/mol. The summed E-state index contributed by atoms with van der Waals surface area (Å²) in [5.74, 6) is 4.69. The van der Waals surface area contributed by atoms with Crippen LogP contribution < -0.4 is 0 Å². The molecule has 0 aliphatic carbocycles. The Morgan fingerprint density at radius 1 is 1.47 bits per heavy atom. The molecule has 0 aliphatic rings. The number of carbonyl (C=O) groups excluding carboxylic acids is 1. The van der Waals surface area contributed by atoms with Gasteiger partial charge in [-0.2, -0.15) is 0 Å². The number of hydrogen-bond acceptors (Lipinski definition) is 4. The standard InChI is InChI=1S/C15H14O4/c1-10(6-5-9-16)18-15(17)14-11(2)12-7-3-4-8-13(12)19-14/h3-4,7-8,10,16H,9H2,1-2H3. The smallest absolute Gasteiger partial charge is 0.375 e. The number of aliphatic hydroxyl groups excluding tert-OH is 1. The number of aryl methyl sites for hydroxylation is 1. The number of fused-ring (bicyclic) bond motifs is 1. The predicted molar refractivity (Wildman–Crippen MR) is 70.7 cm³/mol. The molecule has 2 aromatic rings. The van der Waals surface area contributed by atoms with Gasteiger partial charge in [-0.05, 0) is 19.9 Å². The minimum absolute atomic E-state index is 0.193. The lowest BCUT2D eigenvalue weighted by Gasteiger charge is -2.05. The Bertz CT molecular complexity index is 658. The Balaban J connectivity index is 2.24. The summed E-state index contributed by atoms with van der Waals surface area (Å²) in [7, 11) is 0. The van der Waals surface area contributed by atoms with E-state index in [-0.39, 0.29) is 12.4 Å². The Hall–Kier alpha value is -2.25. The molecule has 1 atom stereocenters. The van der Waals surface area contributed by atoms with E-state index >= 15 is 0 Å². The molecule has 4 heteroatoms. The van der Waals surface area contributed by atoms with Gasteiger partial charge in [-0.25, -0.2) is 4.79 Å². The highest BCUT2D eigenvalue weighted by atomic mass is 16.6. The fourth-order valence-corrected chi connectivity index (χ4v) is 1.80. The normalized spacial score (nSPS) is 11.7. The van der Waals surface area contributed by atoms with Gasteiger partial charge in [0.1, 0.15) is 12.2 Å². The van der Waals surface area contributed by atoms with Crippen LogP contribution in [0.2, 0.25) is 0 Å². The average molecular weight is 258 g/mol. The second kappa shape index (κ2) is 5.59. The van der Waals surface area contributed by atoms with Gasteiger partial charge in [-0.1, -0.05) is 30.0 Å². The zero-order valence-corrected chi connectivity index (χ0v) is 10.8. The van der Waals surface area contributed by atoms with E-state index in [2.05, 4.69) is 11.8 Å². The number of aliphatic hydroxyl groups is 1. The molecular formula is C15H14O4. The number of para-hydroxylation sites is 1. The van der Waals surface area contributed by atoms with Crippen molar-refractivity contribution in [2.75, 3.05) is 6.61 Å². The third-order valence-electron chi connectivity index (χ3n) is 2.70. The van der Waals surface area contributed by atoms with E-state index in [0.29, 0.717) is 5.58 Å². The van der Waals surface area contributed by atoms with Crippen LogP contribution in [-0.2, 0) is 4.74 Å². The van der Waals surface area contributed by atoms with Crippen LogP contribution in [0.3, 0.4) is 0 Å². The van der Waals surface area contributed by atoms with Crippen molar-refractivity contribution >= 4 is 16.9 Å². The Labute approximate surface area is 111 Å². The first-order valence-corrected chi connectivity index (χ1v) is 5.92. The van der Waals surface area contributed by atoms with Crippen LogP contribution in [-0.4, -0.2) is 23.8 Å². The number of ether oxygens (including phenoxy) is 1. The largest absolute Gasteiger partial charge is 0.449 e. The lowest BCUT2D eigenvalue weighted by molar-refractivity contribution is 0.0403. The first-order chi connectivity index (χ1) is 9.13. The number of carbonyl (C=O) groups is 1. The molecule has 1 aromatic carbocycles. The maximum absolute atomic E-state index is 12.0. The van der Waals surface area contributed by atoms with Gasteiger partial charge >= 0.3 is 5.97 Å². The molecule has 1 N–H and O–H groups in total. The summed E-state index contributed by atoms with van der Waals surface area (Å²) in [5, 5.41) is 9.47. The van der Waals surface area contributed by atoms with Crippen LogP contribution >= 0.6 is 0 Å². The minimum Gasteiger partial charge on any atom is -0.449 e. The van der Waals surface area contributed by atoms with Gasteiger partial charge in [0.25, 0.3) is 0 Å². The van der Waals surface area contributed by atoms with Gasteiger partial charge in [0.2, 0.25) is 5.76 Å². The molecule has 0 spiro atoms. The third-order valence-corrected chi connectivity index (χ3v) is 2.70. The molecule has 0 aliphatic heterocycles. The summed E-state index contributed by atoms with van der Waals surface area (Å²) >= 11 is 0. The van der Waals surface area contributed by atoms with Crippen LogP contribution in [0, 0.1) is 18.8 Å². The first-order valence-electron chi connectivity index (χ1n) is 5.92. The van der Waals surface area contributed by atoms with Gasteiger partial charge in [0.05, 0.1) is 0 Å².